The number of carbonyl (C=O) groups excluding carboxylic acids is 1. The van der Waals surface area contributed by atoms with Gasteiger partial charge in [-0.05, 0) is 36.6 Å². The number of ether oxygens (including phenoxy) is 3. The maximum Gasteiger partial charge on any atom is 0.253 e. The van der Waals surface area contributed by atoms with Gasteiger partial charge in [0.15, 0.2) is 0 Å². The molecule has 0 aliphatic carbocycles. The lowest BCUT2D eigenvalue weighted by atomic mass is 9.92. The molecule has 2 saturated heterocycles. The second-order valence-electron chi connectivity index (χ2n) is 8.88. The van der Waals surface area contributed by atoms with Gasteiger partial charge in [-0.25, -0.2) is 4.98 Å². The third-order valence-corrected chi connectivity index (χ3v) is 6.90. The molecule has 6 rings (SSSR count). The van der Waals surface area contributed by atoms with Gasteiger partial charge in [0, 0.05) is 29.1 Å². The molecule has 3 aromatic rings. The number of fused-ring (bicyclic) bond motifs is 4. The number of primary amides is 1. The van der Waals surface area contributed by atoms with Crippen LogP contribution >= 0.6 is 0 Å². The van der Waals surface area contributed by atoms with E-state index in [0.29, 0.717) is 49.0 Å². The summed E-state index contributed by atoms with van der Waals surface area (Å²) in [5.74, 6) is 0.566. The summed E-state index contributed by atoms with van der Waals surface area (Å²) in [5, 5.41) is 0.832. The number of nitrogens with one attached hydrogen (secondary N) is 1. The summed E-state index contributed by atoms with van der Waals surface area (Å²) in [4.78, 5) is 34.9. The molecule has 3 N–H and O–H groups in total. The SMILES string of the molecule is COc1cc(-c2c3c(nc(N4C[C@@H]5C[C@H]4CO5)c2C(N)=O)COC3)cc2c(C)cc(=O)[nH]c12. The van der Waals surface area contributed by atoms with Gasteiger partial charge in [0.1, 0.15) is 11.6 Å². The van der Waals surface area contributed by atoms with Crippen molar-refractivity contribution >= 4 is 22.6 Å². The highest BCUT2D eigenvalue weighted by Gasteiger charge is 2.42. The molecule has 0 radical (unpaired) electrons. The Labute approximate surface area is 189 Å². The minimum absolute atomic E-state index is 0.144. The first-order valence-electron chi connectivity index (χ1n) is 11.0. The average molecular weight is 448 g/mol. The number of nitrogens with zero attached hydrogens (tertiary/aromatic N) is 2. The number of carbonyl (C=O) groups is 1. The van der Waals surface area contributed by atoms with E-state index in [-0.39, 0.29) is 17.7 Å². The molecule has 0 saturated carbocycles. The van der Waals surface area contributed by atoms with Crippen molar-refractivity contribution in [3.63, 3.8) is 0 Å². The van der Waals surface area contributed by atoms with Gasteiger partial charge in [-0.3, -0.25) is 9.59 Å². The number of aryl methyl sites for hydroxylation is 1. The molecule has 2 atom stereocenters. The number of rotatable bonds is 4. The number of aromatic amines is 1. The van der Waals surface area contributed by atoms with Crippen LogP contribution in [0.15, 0.2) is 23.0 Å². The third-order valence-electron chi connectivity index (χ3n) is 6.90. The van der Waals surface area contributed by atoms with Crippen molar-refractivity contribution in [2.24, 2.45) is 5.73 Å². The smallest absolute Gasteiger partial charge is 0.253 e. The maximum absolute atomic E-state index is 12.9. The van der Waals surface area contributed by atoms with Crippen molar-refractivity contribution in [1.29, 1.82) is 0 Å². The Bertz CT molecular complexity index is 1380. The van der Waals surface area contributed by atoms with Crippen LogP contribution in [0.4, 0.5) is 5.82 Å². The van der Waals surface area contributed by atoms with E-state index in [0.717, 1.165) is 39.8 Å². The van der Waals surface area contributed by atoms with E-state index in [1.165, 1.54) is 0 Å². The van der Waals surface area contributed by atoms with Crippen LogP contribution in [0, 0.1) is 6.92 Å². The molecule has 33 heavy (non-hydrogen) atoms. The Morgan fingerprint density at radius 2 is 2.15 bits per heavy atom. The van der Waals surface area contributed by atoms with E-state index in [4.69, 9.17) is 24.9 Å². The molecule has 1 amide bonds. The predicted molar refractivity (Wildman–Crippen MR) is 122 cm³/mol. The number of nitrogens with two attached hydrogens (primary N) is 1. The minimum atomic E-state index is -0.539. The monoisotopic (exact) mass is 448 g/mol. The van der Waals surface area contributed by atoms with Crippen LogP contribution in [0.25, 0.3) is 22.0 Å². The molecule has 2 aromatic heterocycles. The molecule has 0 unspecified atom stereocenters. The lowest BCUT2D eigenvalue weighted by Crippen LogP contribution is -2.39. The Morgan fingerprint density at radius 1 is 1.30 bits per heavy atom. The van der Waals surface area contributed by atoms with Crippen molar-refractivity contribution < 1.29 is 19.0 Å². The first-order valence-corrected chi connectivity index (χ1v) is 11.0. The highest BCUT2D eigenvalue weighted by Crippen LogP contribution is 2.43. The van der Waals surface area contributed by atoms with Crippen molar-refractivity contribution in [2.75, 3.05) is 25.2 Å². The highest BCUT2D eigenvalue weighted by atomic mass is 16.5. The number of H-pyrrole nitrogens is 1. The standard InChI is InChI=1S/C24H24N4O5/c1-11-3-19(29)27-22-15(11)4-12(5-18(22)31-2)20-16-9-32-10-17(16)26-24(21(20)23(25)30)28-7-14-6-13(28)8-33-14/h3-5,13-14H,6-10H2,1-2H3,(H2,25,30)(H,27,29)/t13-,14-/m0/s1. The molecule has 9 nitrogen and oxygen atoms in total. The van der Waals surface area contributed by atoms with Crippen LogP contribution < -0.4 is 20.9 Å². The number of methoxy groups -OCH3 is 1. The first-order chi connectivity index (χ1) is 15.9. The number of anilines is 1. The van der Waals surface area contributed by atoms with Crippen molar-refractivity contribution in [1.82, 2.24) is 9.97 Å². The van der Waals surface area contributed by atoms with Crippen LogP contribution in [0.5, 0.6) is 5.75 Å². The Hall–Kier alpha value is -3.43. The zero-order chi connectivity index (χ0) is 22.9. The molecule has 0 spiro atoms. The van der Waals surface area contributed by atoms with E-state index >= 15 is 0 Å². The van der Waals surface area contributed by atoms with Gasteiger partial charge in [0.25, 0.3) is 5.91 Å². The van der Waals surface area contributed by atoms with E-state index in [2.05, 4.69) is 9.88 Å². The van der Waals surface area contributed by atoms with Crippen molar-refractivity contribution in [2.45, 2.75) is 38.7 Å². The molecular formula is C24H24N4O5. The number of benzene rings is 1. The topological polar surface area (TPSA) is 120 Å². The number of pyridine rings is 2. The van der Waals surface area contributed by atoms with Gasteiger partial charge >= 0.3 is 0 Å². The number of amides is 1. The van der Waals surface area contributed by atoms with Gasteiger partial charge in [-0.1, -0.05) is 0 Å². The maximum atomic E-state index is 12.9. The summed E-state index contributed by atoms with van der Waals surface area (Å²) in [6.07, 6.45) is 1.06. The number of hydrogen-bond acceptors (Lipinski definition) is 7. The average Bonchev–Trinajstić information content (AvgIpc) is 3.54. The second kappa shape index (κ2) is 7.29. The molecule has 2 bridgehead atoms. The summed E-state index contributed by atoms with van der Waals surface area (Å²) in [5.41, 5.74) is 10.8. The van der Waals surface area contributed by atoms with Crippen LogP contribution in [-0.4, -0.2) is 48.3 Å². The lowest BCUT2D eigenvalue weighted by Gasteiger charge is -2.30. The molecule has 3 aliphatic heterocycles. The summed E-state index contributed by atoms with van der Waals surface area (Å²) in [6.45, 7) is 3.90. The number of morpholine rings is 1. The van der Waals surface area contributed by atoms with Gasteiger partial charge < -0.3 is 29.8 Å². The second-order valence-corrected chi connectivity index (χ2v) is 8.88. The van der Waals surface area contributed by atoms with Gasteiger partial charge in [-0.15, -0.1) is 0 Å². The normalized spacial score (nSPS) is 21.1. The van der Waals surface area contributed by atoms with Crippen LogP contribution in [0.3, 0.4) is 0 Å². The first kappa shape index (κ1) is 20.2. The molecule has 9 heteroatoms. The molecular weight excluding hydrogens is 424 g/mol. The minimum Gasteiger partial charge on any atom is -0.495 e. The van der Waals surface area contributed by atoms with E-state index in [9.17, 15) is 9.59 Å². The van der Waals surface area contributed by atoms with Gasteiger partial charge in [0.2, 0.25) is 5.56 Å². The third kappa shape index (κ3) is 3.03. The molecule has 5 heterocycles. The van der Waals surface area contributed by atoms with Crippen LogP contribution in [-0.2, 0) is 22.7 Å². The summed E-state index contributed by atoms with van der Waals surface area (Å²) in [7, 11) is 1.56. The predicted octanol–water partition coefficient (Wildman–Crippen LogP) is 2.01. The molecule has 3 aliphatic rings. The quantitative estimate of drug-likeness (QED) is 0.627. The number of hydrogen-bond donors (Lipinski definition) is 2. The fourth-order valence-corrected chi connectivity index (χ4v) is 5.40. The van der Waals surface area contributed by atoms with Gasteiger partial charge in [0.05, 0.1) is 55.9 Å². The molecule has 1 aromatic carbocycles. The Kier molecular flexibility index (Phi) is 4.46. The van der Waals surface area contributed by atoms with Gasteiger partial charge in [-0.2, -0.15) is 0 Å². The fraction of sp³-hybridized carbons (Fsp3) is 0.375. The molecule has 2 fully saturated rings. The van der Waals surface area contributed by atoms with E-state index < -0.39 is 5.91 Å². The largest absolute Gasteiger partial charge is 0.495 e. The summed E-state index contributed by atoms with van der Waals surface area (Å²) < 4.78 is 17.1. The lowest BCUT2D eigenvalue weighted by molar-refractivity contribution is 0.0972. The number of aromatic nitrogens is 2. The zero-order valence-corrected chi connectivity index (χ0v) is 18.4. The molecule has 170 valence electrons. The highest BCUT2D eigenvalue weighted by molar-refractivity contribution is 6.07. The summed E-state index contributed by atoms with van der Waals surface area (Å²) >= 11 is 0. The Balaban J connectivity index is 1.65. The fourth-order valence-electron chi connectivity index (χ4n) is 5.40. The van der Waals surface area contributed by atoms with E-state index in [1.54, 1.807) is 13.2 Å². The Morgan fingerprint density at radius 3 is 2.85 bits per heavy atom. The van der Waals surface area contributed by atoms with Crippen molar-refractivity contribution in [3.8, 4) is 16.9 Å². The van der Waals surface area contributed by atoms with Crippen LogP contribution in [0.1, 0.15) is 33.6 Å². The zero-order valence-electron chi connectivity index (χ0n) is 18.4. The summed E-state index contributed by atoms with van der Waals surface area (Å²) in [6, 6.07) is 5.52. The van der Waals surface area contributed by atoms with E-state index in [1.807, 2.05) is 19.1 Å². The van der Waals surface area contributed by atoms with Crippen LogP contribution in [0.2, 0.25) is 0 Å². The van der Waals surface area contributed by atoms with Crippen molar-refractivity contribution in [3.05, 3.63) is 50.9 Å².